The van der Waals surface area contributed by atoms with Crippen LogP contribution in [-0.4, -0.2) is 25.3 Å². The number of anilines is 2. The normalized spacial score (nSPS) is 28.3. The van der Waals surface area contributed by atoms with Gasteiger partial charge in [0.25, 0.3) is 0 Å². The molecule has 0 saturated carbocycles. The highest BCUT2D eigenvalue weighted by molar-refractivity contribution is 5.73. The molecular formula is C12H16N2O. The summed E-state index contributed by atoms with van der Waals surface area (Å²) in [6.45, 7) is 4.76. The first-order valence-corrected chi connectivity index (χ1v) is 5.48. The molecule has 1 aromatic carbocycles. The van der Waals surface area contributed by atoms with Gasteiger partial charge in [0.15, 0.2) is 0 Å². The van der Waals surface area contributed by atoms with Gasteiger partial charge < -0.3 is 15.4 Å². The van der Waals surface area contributed by atoms with Crippen molar-refractivity contribution in [2.45, 2.75) is 18.9 Å². The van der Waals surface area contributed by atoms with Crippen LogP contribution < -0.4 is 10.6 Å². The molecule has 80 valence electrons. The first-order chi connectivity index (χ1) is 7.27. The minimum atomic E-state index is 0.126. The molecule has 2 aliphatic rings. The van der Waals surface area contributed by atoms with Gasteiger partial charge in [0.1, 0.15) is 0 Å². The second-order valence-electron chi connectivity index (χ2n) is 4.61. The molecule has 0 amide bonds. The Morgan fingerprint density at radius 2 is 2.27 bits per heavy atom. The highest BCUT2D eigenvalue weighted by Crippen LogP contribution is 2.34. The monoisotopic (exact) mass is 204 g/mol. The SMILES string of the molecule is Cc1ccc2c(c1)NC1(CCOC1)CN2. The molecule has 2 heterocycles. The van der Waals surface area contributed by atoms with Crippen molar-refractivity contribution in [3.8, 4) is 0 Å². The van der Waals surface area contributed by atoms with Gasteiger partial charge in [-0.1, -0.05) is 6.07 Å². The first kappa shape index (κ1) is 9.04. The van der Waals surface area contributed by atoms with Crippen LogP contribution in [0, 0.1) is 6.92 Å². The molecule has 1 fully saturated rings. The van der Waals surface area contributed by atoms with Gasteiger partial charge in [-0.3, -0.25) is 0 Å². The van der Waals surface area contributed by atoms with E-state index in [9.17, 15) is 0 Å². The number of hydrogen-bond donors (Lipinski definition) is 2. The smallest absolute Gasteiger partial charge is 0.0801 e. The van der Waals surface area contributed by atoms with Crippen molar-refractivity contribution in [1.29, 1.82) is 0 Å². The number of benzene rings is 1. The van der Waals surface area contributed by atoms with E-state index in [-0.39, 0.29) is 5.54 Å². The quantitative estimate of drug-likeness (QED) is 0.678. The molecule has 3 rings (SSSR count). The standard InChI is InChI=1S/C12H16N2O/c1-9-2-3-10-11(6-9)14-12(7-13-10)4-5-15-8-12/h2-3,6,13-14H,4-5,7-8H2,1H3. The zero-order valence-corrected chi connectivity index (χ0v) is 8.97. The Kier molecular flexibility index (Phi) is 1.89. The van der Waals surface area contributed by atoms with E-state index < -0.39 is 0 Å². The van der Waals surface area contributed by atoms with Crippen LogP contribution in [0.25, 0.3) is 0 Å². The predicted octanol–water partition coefficient (Wildman–Crippen LogP) is 1.99. The summed E-state index contributed by atoms with van der Waals surface area (Å²) in [7, 11) is 0. The first-order valence-electron chi connectivity index (χ1n) is 5.48. The summed E-state index contributed by atoms with van der Waals surface area (Å²) >= 11 is 0. The Bertz CT molecular complexity index is 383. The van der Waals surface area contributed by atoms with Gasteiger partial charge in [-0.25, -0.2) is 0 Å². The van der Waals surface area contributed by atoms with Gasteiger partial charge in [0.05, 0.1) is 23.5 Å². The summed E-state index contributed by atoms with van der Waals surface area (Å²) in [6, 6.07) is 6.47. The average molecular weight is 204 g/mol. The van der Waals surface area contributed by atoms with Crippen molar-refractivity contribution in [3.63, 3.8) is 0 Å². The lowest BCUT2D eigenvalue weighted by molar-refractivity contribution is 0.184. The summed E-state index contributed by atoms with van der Waals surface area (Å²) in [5, 5.41) is 7.11. The van der Waals surface area contributed by atoms with Crippen molar-refractivity contribution in [3.05, 3.63) is 23.8 Å². The molecule has 1 saturated heterocycles. The predicted molar refractivity (Wildman–Crippen MR) is 61.5 cm³/mol. The van der Waals surface area contributed by atoms with Crippen LogP contribution >= 0.6 is 0 Å². The topological polar surface area (TPSA) is 33.3 Å². The van der Waals surface area contributed by atoms with E-state index in [0.717, 1.165) is 26.2 Å². The van der Waals surface area contributed by atoms with E-state index in [1.807, 2.05) is 0 Å². The van der Waals surface area contributed by atoms with Crippen LogP contribution in [0.1, 0.15) is 12.0 Å². The molecule has 3 nitrogen and oxygen atoms in total. The molecule has 3 heteroatoms. The molecule has 0 aromatic heterocycles. The summed E-state index contributed by atoms with van der Waals surface area (Å²) in [4.78, 5) is 0. The summed E-state index contributed by atoms with van der Waals surface area (Å²) < 4.78 is 5.48. The Labute approximate surface area is 89.8 Å². The lowest BCUT2D eigenvalue weighted by atomic mass is 9.95. The molecule has 0 aliphatic carbocycles. The molecular weight excluding hydrogens is 188 g/mol. The lowest BCUT2D eigenvalue weighted by Crippen LogP contribution is -2.48. The fourth-order valence-corrected chi connectivity index (χ4v) is 2.36. The van der Waals surface area contributed by atoms with Gasteiger partial charge in [0, 0.05) is 13.2 Å². The zero-order chi connectivity index (χ0) is 10.3. The molecule has 15 heavy (non-hydrogen) atoms. The van der Waals surface area contributed by atoms with Crippen molar-refractivity contribution in [2.24, 2.45) is 0 Å². The van der Waals surface area contributed by atoms with Crippen molar-refractivity contribution in [2.75, 3.05) is 30.4 Å². The van der Waals surface area contributed by atoms with Gasteiger partial charge >= 0.3 is 0 Å². The van der Waals surface area contributed by atoms with E-state index >= 15 is 0 Å². The number of rotatable bonds is 0. The second-order valence-corrected chi connectivity index (χ2v) is 4.61. The Balaban J connectivity index is 1.94. The van der Waals surface area contributed by atoms with Crippen LogP contribution in [0.3, 0.4) is 0 Å². The van der Waals surface area contributed by atoms with Gasteiger partial charge in [-0.15, -0.1) is 0 Å². The number of fused-ring (bicyclic) bond motifs is 1. The van der Waals surface area contributed by atoms with Gasteiger partial charge in [-0.2, -0.15) is 0 Å². The second kappa shape index (κ2) is 3.14. The van der Waals surface area contributed by atoms with Crippen LogP contribution in [0.2, 0.25) is 0 Å². The molecule has 1 aromatic rings. The third-order valence-corrected chi connectivity index (χ3v) is 3.30. The maximum Gasteiger partial charge on any atom is 0.0801 e. The molecule has 0 radical (unpaired) electrons. The number of ether oxygens (including phenoxy) is 1. The third kappa shape index (κ3) is 1.47. The Hall–Kier alpha value is -1.22. The number of hydrogen-bond acceptors (Lipinski definition) is 3. The van der Waals surface area contributed by atoms with Crippen molar-refractivity contribution >= 4 is 11.4 Å². The minimum Gasteiger partial charge on any atom is -0.381 e. The molecule has 1 unspecified atom stereocenters. The van der Waals surface area contributed by atoms with E-state index in [0.29, 0.717) is 0 Å². The summed E-state index contributed by atoms with van der Waals surface area (Å²) in [5.41, 5.74) is 3.84. The largest absolute Gasteiger partial charge is 0.381 e. The highest BCUT2D eigenvalue weighted by atomic mass is 16.5. The fourth-order valence-electron chi connectivity index (χ4n) is 2.36. The maximum absolute atomic E-state index is 5.48. The molecule has 2 aliphatic heterocycles. The molecule has 0 bridgehead atoms. The highest BCUT2D eigenvalue weighted by Gasteiger charge is 2.37. The van der Waals surface area contributed by atoms with Crippen molar-refractivity contribution in [1.82, 2.24) is 0 Å². The summed E-state index contributed by atoms with van der Waals surface area (Å²) in [6.07, 6.45) is 1.09. The van der Waals surface area contributed by atoms with Crippen LogP contribution in [0.15, 0.2) is 18.2 Å². The zero-order valence-electron chi connectivity index (χ0n) is 8.97. The lowest BCUT2D eigenvalue weighted by Gasteiger charge is -2.36. The van der Waals surface area contributed by atoms with E-state index in [1.165, 1.54) is 16.9 Å². The Morgan fingerprint density at radius 3 is 3.07 bits per heavy atom. The average Bonchev–Trinajstić information content (AvgIpc) is 2.66. The fraction of sp³-hybridized carbons (Fsp3) is 0.500. The number of nitrogens with one attached hydrogen (secondary N) is 2. The number of aryl methyl sites for hydroxylation is 1. The van der Waals surface area contributed by atoms with Crippen LogP contribution in [0.5, 0.6) is 0 Å². The van der Waals surface area contributed by atoms with E-state index in [2.05, 4.69) is 35.8 Å². The van der Waals surface area contributed by atoms with E-state index in [4.69, 9.17) is 4.74 Å². The molecule has 2 N–H and O–H groups in total. The van der Waals surface area contributed by atoms with Gasteiger partial charge in [0.2, 0.25) is 0 Å². The summed E-state index contributed by atoms with van der Waals surface area (Å²) in [5.74, 6) is 0. The Morgan fingerprint density at radius 1 is 1.33 bits per heavy atom. The third-order valence-electron chi connectivity index (χ3n) is 3.30. The van der Waals surface area contributed by atoms with Crippen LogP contribution in [0.4, 0.5) is 11.4 Å². The van der Waals surface area contributed by atoms with Crippen LogP contribution in [-0.2, 0) is 4.74 Å². The molecule has 1 spiro atoms. The van der Waals surface area contributed by atoms with E-state index in [1.54, 1.807) is 0 Å². The van der Waals surface area contributed by atoms with Crippen molar-refractivity contribution < 1.29 is 4.74 Å². The minimum absolute atomic E-state index is 0.126. The van der Waals surface area contributed by atoms with Gasteiger partial charge in [-0.05, 0) is 31.0 Å². The molecule has 1 atom stereocenters. The maximum atomic E-state index is 5.48.